The van der Waals surface area contributed by atoms with Gasteiger partial charge in [0.25, 0.3) is 0 Å². The molecular formula is C56H102O11Si4. The summed E-state index contributed by atoms with van der Waals surface area (Å²) in [5.41, 5.74) is 1.11. The molecule has 4 heterocycles. The van der Waals surface area contributed by atoms with Crippen LogP contribution in [0.25, 0.3) is 0 Å². The Morgan fingerprint density at radius 1 is 0.662 bits per heavy atom. The van der Waals surface area contributed by atoms with E-state index in [-0.39, 0.29) is 93.2 Å². The largest absolute Gasteiger partial charge is 0.414 e. The maximum absolute atomic E-state index is 14.5. The minimum Gasteiger partial charge on any atom is -0.414 e. The van der Waals surface area contributed by atoms with Crippen molar-refractivity contribution >= 4 is 39.1 Å². The zero-order valence-electron chi connectivity index (χ0n) is 48.5. The van der Waals surface area contributed by atoms with Crippen LogP contribution >= 0.6 is 0 Å². The monoisotopic (exact) mass is 1060 g/mol. The summed E-state index contributed by atoms with van der Waals surface area (Å²) in [4.78, 5) is 14.5. The maximum Gasteiger partial charge on any atom is 0.192 e. The van der Waals surface area contributed by atoms with E-state index in [1.807, 2.05) is 24.3 Å². The van der Waals surface area contributed by atoms with Crippen LogP contribution < -0.4 is 0 Å². The molecule has 1 aromatic rings. The molecule has 4 fully saturated rings. The minimum absolute atomic E-state index is 0.0228. The number of Topliss-reactive ketones (excluding diaryl/α,β-unsaturated/α-hetero) is 1. The van der Waals surface area contributed by atoms with Crippen LogP contribution in [-0.2, 0) is 57.5 Å². The number of carbonyl (C=O) groups is 1. The molecule has 0 unspecified atom stereocenters. The highest BCUT2D eigenvalue weighted by Gasteiger charge is 2.61. The van der Waals surface area contributed by atoms with E-state index in [9.17, 15) is 4.79 Å². The summed E-state index contributed by atoms with van der Waals surface area (Å²) in [5, 5.41) is -0.000867. The molecule has 15 heteroatoms. The Labute approximate surface area is 436 Å². The van der Waals surface area contributed by atoms with Crippen molar-refractivity contribution in [1.29, 1.82) is 0 Å². The second-order valence-corrected chi connectivity index (χ2v) is 46.7. The van der Waals surface area contributed by atoms with Gasteiger partial charge in [-0.25, -0.2) is 0 Å². The van der Waals surface area contributed by atoms with Gasteiger partial charge in [-0.2, -0.15) is 0 Å². The average molecular weight is 1060 g/mol. The summed E-state index contributed by atoms with van der Waals surface area (Å²) in [6, 6.07) is 10.2. The van der Waals surface area contributed by atoms with Crippen molar-refractivity contribution in [1.82, 2.24) is 0 Å². The van der Waals surface area contributed by atoms with E-state index in [1.54, 1.807) is 7.11 Å². The number of ketones is 1. The van der Waals surface area contributed by atoms with Crippen LogP contribution in [0.1, 0.15) is 127 Å². The van der Waals surface area contributed by atoms with Gasteiger partial charge < -0.3 is 46.1 Å². The number of hydrogen-bond donors (Lipinski definition) is 0. The van der Waals surface area contributed by atoms with Crippen LogP contribution in [0.15, 0.2) is 43.0 Å². The Bertz CT molecular complexity index is 1870. The van der Waals surface area contributed by atoms with E-state index in [0.29, 0.717) is 45.5 Å². The second kappa shape index (κ2) is 23.4. The highest BCUT2D eigenvalue weighted by atomic mass is 28.4. The molecular weight excluding hydrogens is 961 g/mol. The van der Waals surface area contributed by atoms with Crippen LogP contribution in [0.3, 0.4) is 0 Å². The van der Waals surface area contributed by atoms with E-state index in [2.05, 4.69) is 154 Å². The standard InChI is InChI=1S/C56H102O11Si4/c1-23-27-43-42(47(58-14)45(62-43)34-41(65-69(17,18)54(5,6)7)36-60-68(15,16)53(2,3)4)33-39(57)32-40-30-31-44-48(61-40)52(67-71(21,22)56(11,12)13)51-50(63-44)49(66-70(19,20)55(8,9)10)46(64-51)37-59-35-38-28-25-24-26-29-38/h23-26,28-29,40-52H,1,27,30-37H2,2-22H3/t40-,41+,42+,43-,44+,45-,46-,47-,48+,49+,50+,51-,52+/m1/s1. The molecule has 1 aromatic carbocycles. The van der Waals surface area contributed by atoms with Gasteiger partial charge in [-0.1, -0.05) is 119 Å². The van der Waals surface area contributed by atoms with Crippen molar-refractivity contribution in [2.24, 2.45) is 5.92 Å². The first-order chi connectivity index (χ1) is 32.5. The molecule has 4 aliphatic heterocycles. The summed E-state index contributed by atoms with van der Waals surface area (Å²) >= 11 is 0. The predicted octanol–water partition coefficient (Wildman–Crippen LogP) is 13.2. The highest BCUT2D eigenvalue weighted by molar-refractivity contribution is 6.75. The molecule has 408 valence electrons. The van der Waals surface area contributed by atoms with Crippen LogP contribution in [0.2, 0.25) is 72.5 Å². The second-order valence-electron chi connectivity index (χ2n) is 27.6. The molecule has 0 amide bonds. The molecule has 4 saturated heterocycles. The molecule has 0 spiro atoms. The first-order valence-electron chi connectivity index (χ1n) is 27.1. The van der Waals surface area contributed by atoms with Crippen LogP contribution in [0, 0.1) is 5.92 Å². The summed E-state index contributed by atoms with van der Waals surface area (Å²) in [6.07, 6.45) is 1.37. The number of methoxy groups -OCH3 is 1. The minimum atomic E-state index is -2.38. The molecule has 4 aliphatic rings. The van der Waals surface area contributed by atoms with Crippen LogP contribution in [0.5, 0.6) is 0 Å². The van der Waals surface area contributed by atoms with Crippen molar-refractivity contribution in [3.05, 3.63) is 48.6 Å². The van der Waals surface area contributed by atoms with E-state index < -0.39 is 51.6 Å². The van der Waals surface area contributed by atoms with Crippen molar-refractivity contribution in [2.75, 3.05) is 20.3 Å². The third-order valence-corrected chi connectivity index (χ3v) is 36.1. The van der Waals surface area contributed by atoms with E-state index in [1.165, 1.54) is 0 Å². The lowest BCUT2D eigenvalue weighted by Gasteiger charge is -2.51. The van der Waals surface area contributed by atoms with E-state index in [4.69, 9.17) is 46.1 Å². The van der Waals surface area contributed by atoms with Crippen molar-refractivity contribution in [3.63, 3.8) is 0 Å². The van der Waals surface area contributed by atoms with Gasteiger partial charge in [0.05, 0.1) is 56.4 Å². The molecule has 0 aromatic heterocycles. The van der Waals surface area contributed by atoms with Crippen molar-refractivity contribution in [2.45, 2.75) is 274 Å². The number of fused-ring (bicyclic) bond motifs is 2. The summed E-state index contributed by atoms with van der Waals surface area (Å²) in [7, 11) is -7.18. The zero-order chi connectivity index (χ0) is 53.3. The van der Waals surface area contributed by atoms with Gasteiger partial charge in [0.1, 0.15) is 42.4 Å². The third-order valence-electron chi connectivity index (χ3n) is 18.1. The summed E-state index contributed by atoms with van der Waals surface area (Å²) in [6.45, 7) is 51.0. The van der Waals surface area contributed by atoms with Gasteiger partial charge in [-0.15, -0.1) is 6.58 Å². The van der Waals surface area contributed by atoms with Crippen molar-refractivity contribution < 1.29 is 50.9 Å². The topological polar surface area (TPSA) is 109 Å². The first-order valence-corrected chi connectivity index (χ1v) is 38.7. The lowest BCUT2D eigenvalue weighted by atomic mass is 9.85. The van der Waals surface area contributed by atoms with E-state index >= 15 is 0 Å². The SMILES string of the molecule is C=CC[C@H]1O[C@H](C[C@@H](CO[Si](C)(C)C(C)(C)C)O[Si](C)(C)C(C)(C)C)[C@H](OC)[C@H]1CC(=O)C[C@H]1CC[C@@H]2O[C@@H]3[C@@H](O[C@H](COCc4ccccc4)[C@@H]3O[Si](C)(C)C(C)(C)C)[C@@H](O[Si](C)(C)C(C)(C)C)[C@H]2O1. The van der Waals surface area contributed by atoms with Gasteiger partial charge in [-0.05, 0) is 97.4 Å². The number of hydrogen-bond acceptors (Lipinski definition) is 11. The Kier molecular flexibility index (Phi) is 20.1. The predicted molar refractivity (Wildman–Crippen MR) is 297 cm³/mol. The van der Waals surface area contributed by atoms with Crippen LogP contribution in [-0.4, -0.2) is 133 Å². The fourth-order valence-corrected chi connectivity index (χ4v) is 14.5. The number of ether oxygens (including phenoxy) is 6. The van der Waals surface area contributed by atoms with Crippen LogP contribution in [0.4, 0.5) is 0 Å². The van der Waals surface area contributed by atoms with Gasteiger partial charge in [0, 0.05) is 32.3 Å². The fourth-order valence-electron chi connectivity index (χ4n) is 9.52. The molecule has 5 rings (SSSR count). The molecule has 71 heavy (non-hydrogen) atoms. The van der Waals surface area contributed by atoms with Gasteiger partial charge in [0.2, 0.25) is 0 Å². The Balaban J connectivity index is 1.36. The molecule has 0 aliphatic carbocycles. The quantitative estimate of drug-likeness (QED) is 0.0818. The lowest BCUT2D eigenvalue weighted by molar-refractivity contribution is -0.255. The molecule has 13 atom stereocenters. The van der Waals surface area contributed by atoms with Crippen molar-refractivity contribution in [3.8, 4) is 0 Å². The smallest absolute Gasteiger partial charge is 0.192 e. The Morgan fingerprint density at radius 3 is 1.77 bits per heavy atom. The Hall–Kier alpha value is -0.902. The zero-order valence-corrected chi connectivity index (χ0v) is 52.5. The third kappa shape index (κ3) is 15.0. The number of benzene rings is 1. The average Bonchev–Trinajstić information content (AvgIpc) is 3.73. The lowest BCUT2D eigenvalue weighted by Crippen LogP contribution is -2.65. The summed E-state index contributed by atoms with van der Waals surface area (Å²) in [5.74, 6) is -0.0120. The van der Waals surface area contributed by atoms with E-state index in [0.717, 1.165) is 12.0 Å². The molecule has 0 N–H and O–H groups in total. The first kappa shape index (κ1) is 61.0. The molecule has 0 saturated carbocycles. The highest BCUT2D eigenvalue weighted by Crippen LogP contribution is 2.49. The normalized spacial score (nSPS) is 30.8. The fraction of sp³-hybridized carbons (Fsp3) is 0.839. The number of carbonyl (C=O) groups excluding carboxylic acids is 1. The molecule has 0 radical (unpaired) electrons. The van der Waals surface area contributed by atoms with Gasteiger partial charge in [0.15, 0.2) is 33.3 Å². The maximum atomic E-state index is 14.5. The Morgan fingerprint density at radius 2 is 1.23 bits per heavy atom. The summed E-state index contributed by atoms with van der Waals surface area (Å²) < 4.78 is 69.8. The molecule has 0 bridgehead atoms. The van der Waals surface area contributed by atoms with Gasteiger partial charge >= 0.3 is 0 Å². The number of rotatable bonds is 22. The van der Waals surface area contributed by atoms with Gasteiger partial charge in [-0.3, -0.25) is 4.79 Å². The molecule has 11 nitrogen and oxygen atoms in total.